The first-order valence-corrected chi connectivity index (χ1v) is 8.14. The van der Waals surface area contributed by atoms with Gasteiger partial charge >= 0.3 is 0 Å². The van der Waals surface area contributed by atoms with Crippen molar-refractivity contribution >= 4 is 5.69 Å². The fourth-order valence-corrected chi connectivity index (χ4v) is 3.82. The molecule has 3 rings (SSSR count). The van der Waals surface area contributed by atoms with Crippen LogP contribution in [-0.2, 0) is 6.54 Å². The molecular weight excluding hydrogens is 267 g/mol. The van der Waals surface area contributed by atoms with E-state index in [9.17, 15) is 9.50 Å². The standard InChI is InChI=1S/C17H25FN2O/c1-2-7-19-11-12-3-6-17(16(18)8-12)20-13-4-5-14(20)10-15(21)9-13/h3,6,8,13-15,19,21H,2,4-5,7,9-11H2,1H3. The Bertz CT molecular complexity index is 480. The van der Waals surface area contributed by atoms with E-state index in [0.717, 1.165) is 50.8 Å². The normalized spacial score (nSPS) is 28.1. The zero-order chi connectivity index (χ0) is 14.8. The lowest BCUT2D eigenvalue weighted by Crippen LogP contribution is -2.45. The van der Waals surface area contributed by atoms with E-state index in [2.05, 4.69) is 17.1 Å². The van der Waals surface area contributed by atoms with Gasteiger partial charge in [-0.15, -0.1) is 0 Å². The molecule has 3 nitrogen and oxygen atoms in total. The van der Waals surface area contributed by atoms with Crippen LogP contribution in [0.4, 0.5) is 10.1 Å². The van der Waals surface area contributed by atoms with E-state index in [-0.39, 0.29) is 11.9 Å². The average molecular weight is 292 g/mol. The van der Waals surface area contributed by atoms with E-state index < -0.39 is 0 Å². The molecule has 2 unspecified atom stereocenters. The third-order valence-electron chi connectivity index (χ3n) is 4.75. The van der Waals surface area contributed by atoms with Crippen LogP contribution in [0.3, 0.4) is 0 Å². The maximum atomic E-state index is 14.5. The number of halogens is 1. The Balaban J connectivity index is 1.74. The van der Waals surface area contributed by atoms with Gasteiger partial charge in [0.15, 0.2) is 0 Å². The van der Waals surface area contributed by atoms with Crippen LogP contribution < -0.4 is 10.2 Å². The Labute approximate surface area is 126 Å². The first kappa shape index (κ1) is 14.8. The number of fused-ring (bicyclic) bond motifs is 2. The van der Waals surface area contributed by atoms with Gasteiger partial charge in [0, 0.05) is 18.6 Å². The van der Waals surface area contributed by atoms with Crippen LogP contribution in [0.5, 0.6) is 0 Å². The van der Waals surface area contributed by atoms with Gasteiger partial charge in [0.2, 0.25) is 0 Å². The van der Waals surface area contributed by atoms with Crippen molar-refractivity contribution in [3.05, 3.63) is 29.6 Å². The van der Waals surface area contributed by atoms with Gasteiger partial charge < -0.3 is 15.3 Å². The van der Waals surface area contributed by atoms with Crippen molar-refractivity contribution in [3.8, 4) is 0 Å². The summed E-state index contributed by atoms with van der Waals surface area (Å²) >= 11 is 0. The lowest BCUT2D eigenvalue weighted by atomic mass is 9.98. The number of anilines is 1. The number of aliphatic hydroxyl groups is 1. The summed E-state index contributed by atoms with van der Waals surface area (Å²) in [6.07, 6.45) is 4.56. The number of benzene rings is 1. The second-order valence-electron chi connectivity index (χ2n) is 6.38. The van der Waals surface area contributed by atoms with E-state index >= 15 is 0 Å². The molecule has 0 spiro atoms. The third kappa shape index (κ3) is 3.06. The molecule has 2 aliphatic rings. The minimum atomic E-state index is -0.209. The lowest BCUT2D eigenvalue weighted by Gasteiger charge is -2.39. The summed E-state index contributed by atoms with van der Waals surface area (Å²) in [5.41, 5.74) is 1.71. The molecule has 2 saturated heterocycles. The number of rotatable bonds is 5. The molecule has 2 bridgehead atoms. The summed E-state index contributed by atoms with van der Waals surface area (Å²) in [5, 5.41) is 13.2. The van der Waals surface area contributed by atoms with Crippen LogP contribution in [0.2, 0.25) is 0 Å². The first-order chi connectivity index (χ1) is 10.2. The van der Waals surface area contributed by atoms with Crippen LogP contribution in [0.1, 0.15) is 44.6 Å². The van der Waals surface area contributed by atoms with Crippen LogP contribution in [0, 0.1) is 5.82 Å². The number of nitrogens with one attached hydrogen (secondary N) is 1. The monoisotopic (exact) mass is 292 g/mol. The van der Waals surface area contributed by atoms with Gasteiger partial charge in [0.05, 0.1) is 11.8 Å². The predicted octanol–water partition coefficient (Wildman–Crippen LogP) is 2.82. The van der Waals surface area contributed by atoms with Crippen molar-refractivity contribution in [1.82, 2.24) is 5.32 Å². The molecule has 1 aromatic carbocycles. The zero-order valence-corrected chi connectivity index (χ0v) is 12.7. The molecule has 21 heavy (non-hydrogen) atoms. The van der Waals surface area contributed by atoms with Gasteiger partial charge in [-0.1, -0.05) is 13.0 Å². The fraction of sp³-hybridized carbons (Fsp3) is 0.647. The molecule has 4 heteroatoms. The van der Waals surface area contributed by atoms with E-state index in [1.807, 2.05) is 12.1 Å². The highest BCUT2D eigenvalue weighted by Crippen LogP contribution is 2.40. The van der Waals surface area contributed by atoms with Crippen molar-refractivity contribution in [3.63, 3.8) is 0 Å². The Kier molecular flexibility index (Phi) is 4.45. The molecule has 2 fully saturated rings. The van der Waals surface area contributed by atoms with Crippen molar-refractivity contribution < 1.29 is 9.50 Å². The van der Waals surface area contributed by atoms with Crippen molar-refractivity contribution in [2.24, 2.45) is 0 Å². The average Bonchev–Trinajstić information content (AvgIpc) is 2.71. The molecule has 0 saturated carbocycles. The number of piperidine rings is 1. The maximum Gasteiger partial charge on any atom is 0.146 e. The van der Waals surface area contributed by atoms with Crippen LogP contribution in [-0.4, -0.2) is 29.8 Å². The van der Waals surface area contributed by atoms with E-state index in [4.69, 9.17) is 0 Å². The predicted molar refractivity (Wildman–Crippen MR) is 82.9 cm³/mol. The summed E-state index contributed by atoms with van der Waals surface area (Å²) < 4.78 is 14.5. The van der Waals surface area contributed by atoms with Crippen LogP contribution >= 0.6 is 0 Å². The lowest BCUT2D eigenvalue weighted by molar-refractivity contribution is 0.126. The fourth-order valence-electron chi connectivity index (χ4n) is 3.82. The second-order valence-corrected chi connectivity index (χ2v) is 6.38. The molecule has 2 aliphatic heterocycles. The van der Waals surface area contributed by atoms with Gasteiger partial charge in [-0.05, 0) is 56.3 Å². The zero-order valence-electron chi connectivity index (χ0n) is 12.7. The second kappa shape index (κ2) is 6.32. The molecular formula is C17H25FN2O. The molecule has 116 valence electrons. The minimum Gasteiger partial charge on any atom is -0.393 e. The van der Waals surface area contributed by atoms with E-state index in [1.54, 1.807) is 6.07 Å². The molecule has 1 aromatic rings. The first-order valence-electron chi connectivity index (χ1n) is 8.14. The summed E-state index contributed by atoms with van der Waals surface area (Å²) in [6, 6.07) is 6.20. The largest absolute Gasteiger partial charge is 0.393 e. The van der Waals surface area contributed by atoms with Gasteiger partial charge in [0.1, 0.15) is 5.82 Å². The Morgan fingerprint density at radius 1 is 1.29 bits per heavy atom. The molecule has 2 heterocycles. The van der Waals surface area contributed by atoms with E-state index in [0.29, 0.717) is 17.8 Å². The molecule has 0 aliphatic carbocycles. The number of aliphatic hydroxyl groups excluding tert-OH is 1. The molecule has 0 radical (unpaired) electrons. The summed E-state index contributed by atoms with van der Waals surface area (Å²) in [4.78, 5) is 2.21. The van der Waals surface area contributed by atoms with Crippen LogP contribution in [0.25, 0.3) is 0 Å². The highest BCUT2D eigenvalue weighted by Gasteiger charge is 2.41. The smallest absolute Gasteiger partial charge is 0.146 e. The topological polar surface area (TPSA) is 35.5 Å². The summed E-state index contributed by atoms with van der Waals surface area (Å²) in [7, 11) is 0. The molecule has 2 atom stereocenters. The molecule has 2 N–H and O–H groups in total. The SMILES string of the molecule is CCCNCc1ccc(N2C3CCC2CC(O)C3)c(F)c1. The highest BCUT2D eigenvalue weighted by molar-refractivity contribution is 5.53. The summed E-state index contributed by atoms with van der Waals surface area (Å²) in [6.45, 7) is 3.80. The van der Waals surface area contributed by atoms with E-state index in [1.165, 1.54) is 0 Å². The van der Waals surface area contributed by atoms with Gasteiger partial charge in [-0.25, -0.2) is 4.39 Å². The van der Waals surface area contributed by atoms with Crippen molar-refractivity contribution in [2.75, 3.05) is 11.4 Å². The Morgan fingerprint density at radius 2 is 2.00 bits per heavy atom. The number of nitrogens with zero attached hydrogens (tertiary/aromatic N) is 1. The third-order valence-corrected chi connectivity index (χ3v) is 4.75. The minimum absolute atomic E-state index is 0.126. The van der Waals surface area contributed by atoms with Crippen molar-refractivity contribution in [2.45, 2.75) is 63.8 Å². The van der Waals surface area contributed by atoms with Gasteiger partial charge in [-0.3, -0.25) is 0 Å². The van der Waals surface area contributed by atoms with Gasteiger partial charge in [0.25, 0.3) is 0 Å². The summed E-state index contributed by atoms with van der Waals surface area (Å²) in [5.74, 6) is -0.126. The highest BCUT2D eigenvalue weighted by atomic mass is 19.1. The number of hydrogen-bond donors (Lipinski definition) is 2. The Hall–Kier alpha value is -1.13. The quantitative estimate of drug-likeness (QED) is 0.819. The maximum absolute atomic E-state index is 14.5. The number of hydrogen-bond acceptors (Lipinski definition) is 3. The van der Waals surface area contributed by atoms with Crippen molar-refractivity contribution in [1.29, 1.82) is 0 Å². The van der Waals surface area contributed by atoms with Crippen LogP contribution in [0.15, 0.2) is 18.2 Å². The molecule has 0 amide bonds. The molecule has 0 aromatic heterocycles. The Morgan fingerprint density at radius 3 is 2.62 bits per heavy atom. The van der Waals surface area contributed by atoms with Gasteiger partial charge in [-0.2, -0.15) is 0 Å².